The molecule has 2 atom stereocenters. The third kappa shape index (κ3) is 8.86. The maximum Gasteiger partial charge on any atom is 0.264 e. The lowest BCUT2D eigenvalue weighted by atomic mass is 10.0. The van der Waals surface area contributed by atoms with E-state index < -0.39 is 28.5 Å². The zero-order chi connectivity index (χ0) is 32.4. The molecule has 0 bridgehead atoms. The lowest BCUT2D eigenvalue weighted by Crippen LogP contribution is -2.54. The van der Waals surface area contributed by atoms with Crippen molar-refractivity contribution in [2.45, 2.75) is 50.2 Å². The van der Waals surface area contributed by atoms with Crippen molar-refractivity contribution in [2.24, 2.45) is 0 Å². The summed E-state index contributed by atoms with van der Waals surface area (Å²) in [7, 11) is -2.72. The van der Waals surface area contributed by atoms with Crippen LogP contribution in [0.5, 0.6) is 5.75 Å². The fourth-order valence-electron chi connectivity index (χ4n) is 4.80. The normalized spacial score (nSPS) is 12.5. The summed E-state index contributed by atoms with van der Waals surface area (Å²) in [4.78, 5) is 29.9. The molecule has 0 aliphatic carbocycles. The second-order valence-electron chi connectivity index (χ2n) is 10.7. The Labute approximate surface area is 270 Å². The molecule has 10 heteroatoms. The third-order valence-electron chi connectivity index (χ3n) is 7.49. The first kappa shape index (κ1) is 33.6. The molecule has 236 valence electrons. The largest absolute Gasteiger partial charge is 0.497 e. The highest BCUT2D eigenvalue weighted by molar-refractivity contribution is 7.92. The number of methoxy groups -OCH3 is 1. The minimum atomic E-state index is -4.20. The molecule has 4 rings (SSSR count). The second kappa shape index (κ2) is 15.6. The number of hydrogen-bond acceptors (Lipinski definition) is 5. The number of amides is 2. The van der Waals surface area contributed by atoms with Crippen molar-refractivity contribution in [3.8, 4) is 5.75 Å². The summed E-state index contributed by atoms with van der Waals surface area (Å²) in [5, 5.41) is 3.57. The van der Waals surface area contributed by atoms with Gasteiger partial charge in [0.1, 0.15) is 18.3 Å². The molecule has 0 saturated carbocycles. The Morgan fingerprint density at radius 3 is 2.13 bits per heavy atom. The van der Waals surface area contributed by atoms with Gasteiger partial charge in [0.25, 0.3) is 10.0 Å². The van der Waals surface area contributed by atoms with Crippen molar-refractivity contribution >= 4 is 39.1 Å². The third-order valence-corrected chi connectivity index (χ3v) is 9.53. The second-order valence-corrected chi connectivity index (χ2v) is 13.0. The molecule has 0 aromatic heterocycles. The van der Waals surface area contributed by atoms with Crippen LogP contribution in [0.3, 0.4) is 0 Å². The van der Waals surface area contributed by atoms with Crippen molar-refractivity contribution in [1.29, 1.82) is 0 Å². The minimum absolute atomic E-state index is 0.0280. The van der Waals surface area contributed by atoms with E-state index in [2.05, 4.69) is 5.32 Å². The van der Waals surface area contributed by atoms with Crippen LogP contribution in [0.1, 0.15) is 31.4 Å². The molecule has 0 aliphatic rings. The van der Waals surface area contributed by atoms with Crippen molar-refractivity contribution in [3.05, 3.63) is 125 Å². The molecule has 0 aliphatic heterocycles. The predicted octanol–water partition coefficient (Wildman–Crippen LogP) is 6.10. The van der Waals surface area contributed by atoms with Gasteiger partial charge in [0.15, 0.2) is 0 Å². The first-order valence-corrected chi connectivity index (χ1v) is 16.5. The molecule has 8 nitrogen and oxygen atoms in total. The fourth-order valence-corrected chi connectivity index (χ4v) is 6.35. The van der Waals surface area contributed by atoms with Crippen LogP contribution in [0, 0.1) is 0 Å². The maximum absolute atomic E-state index is 14.5. The van der Waals surface area contributed by atoms with E-state index in [1.807, 2.05) is 44.2 Å². The quantitative estimate of drug-likeness (QED) is 0.179. The standard InChI is InChI=1S/C35H38ClN3O5S/c1-4-26(2)37-35(41)33(22-27-12-7-5-8-13-27)38(24-28-18-20-29(36)21-19-28)34(40)25-39(30-14-11-15-31(23-30)44-3)45(42,43)32-16-9-6-10-17-32/h5-21,23,26,33H,4,22,24-25H2,1-3H3,(H,37,41)/t26-,33+/m1/s1. The number of sulfonamides is 1. The number of hydrogen-bond donors (Lipinski definition) is 1. The Bertz CT molecular complexity index is 1670. The Morgan fingerprint density at radius 1 is 0.867 bits per heavy atom. The lowest BCUT2D eigenvalue weighted by Gasteiger charge is -2.34. The molecule has 4 aromatic carbocycles. The molecular formula is C35H38ClN3O5S. The Morgan fingerprint density at radius 2 is 1.51 bits per heavy atom. The van der Waals surface area contributed by atoms with Crippen molar-refractivity contribution in [3.63, 3.8) is 0 Å². The van der Waals surface area contributed by atoms with Crippen LogP contribution in [0.15, 0.2) is 114 Å². The summed E-state index contributed by atoms with van der Waals surface area (Å²) in [6, 6.07) is 29.8. The first-order valence-electron chi connectivity index (χ1n) is 14.7. The van der Waals surface area contributed by atoms with Gasteiger partial charge >= 0.3 is 0 Å². The van der Waals surface area contributed by atoms with Gasteiger partial charge in [-0.15, -0.1) is 0 Å². The molecule has 2 amide bonds. The van der Waals surface area contributed by atoms with Crippen LogP contribution in [-0.2, 0) is 32.6 Å². The summed E-state index contributed by atoms with van der Waals surface area (Å²) in [6.45, 7) is 3.37. The van der Waals surface area contributed by atoms with Crippen LogP contribution in [0.2, 0.25) is 5.02 Å². The van der Waals surface area contributed by atoms with E-state index in [0.29, 0.717) is 17.2 Å². The van der Waals surface area contributed by atoms with Crippen molar-refractivity contribution < 1.29 is 22.7 Å². The summed E-state index contributed by atoms with van der Waals surface area (Å²) >= 11 is 6.15. The lowest BCUT2D eigenvalue weighted by molar-refractivity contribution is -0.140. The van der Waals surface area contributed by atoms with Crippen LogP contribution >= 0.6 is 11.6 Å². The number of nitrogens with one attached hydrogen (secondary N) is 1. The van der Waals surface area contributed by atoms with Gasteiger partial charge in [-0.3, -0.25) is 13.9 Å². The zero-order valence-electron chi connectivity index (χ0n) is 25.6. The molecule has 0 heterocycles. The molecule has 0 saturated heterocycles. The highest BCUT2D eigenvalue weighted by Gasteiger charge is 2.35. The van der Waals surface area contributed by atoms with E-state index in [0.717, 1.165) is 15.4 Å². The molecule has 45 heavy (non-hydrogen) atoms. The fraction of sp³-hybridized carbons (Fsp3) is 0.257. The average molecular weight is 648 g/mol. The number of nitrogens with zero attached hydrogens (tertiary/aromatic N) is 2. The SMILES string of the molecule is CC[C@@H](C)NC(=O)[C@H](Cc1ccccc1)N(Cc1ccc(Cl)cc1)C(=O)CN(c1cccc(OC)c1)S(=O)(=O)c1ccccc1. The number of carbonyl (C=O) groups is 2. The van der Waals surface area contributed by atoms with Crippen LogP contribution in [0.4, 0.5) is 5.69 Å². The van der Waals surface area contributed by atoms with Crippen molar-refractivity contribution in [2.75, 3.05) is 18.0 Å². The first-order chi connectivity index (χ1) is 21.6. The number of anilines is 1. The summed E-state index contributed by atoms with van der Waals surface area (Å²) in [6.07, 6.45) is 0.931. The van der Waals surface area contributed by atoms with Gasteiger partial charge in [-0.25, -0.2) is 8.42 Å². The molecule has 0 unspecified atom stereocenters. The number of halogens is 1. The predicted molar refractivity (Wildman–Crippen MR) is 178 cm³/mol. The van der Waals surface area contributed by atoms with Crippen LogP contribution in [-0.4, -0.2) is 50.9 Å². The topological polar surface area (TPSA) is 96.0 Å². The minimum Gasteiger partial charge on any atom is -0.497 e. The number of benzene rings is 4. The summed E-state index contributed by atoms with van der Waals surface area (Å²) < 4.78 is 34.6. The van der Waals surface area contributed by atoms with E-state index in [4.69, 9.17) is 16.3 Å². The number of carbonyl (C=O) groups excluding carboxylic acids is 2. The van der Waals surface area contributed by atoms with Gasteiger partial charge in [0.2, 0.25) is 11.8 Å². The Kier molecular flexibility index (Phi) is 11.6. The Balaban J connectivity index is 1.81. The highest BCUT2D eigenvalue weighted by atomic mass is 35.5. The van der Waals surface area contributed by atoms with E-state index in [-0.39, 0.29) is 35.5 Å². The summed E-state index contributed by atoms with van der Waals surface area (Å²) in [5.74, 6) is -0.442. The number of rotatable bonds is 14. The van der Waals surface area contributed by atoms with Crippen LogP contribution < -0.4 is 14.4 Å². The van der Waals surface area contributed by atoms with Gasteiger partial charge in [-0.1, -0.05) is 85.3 Å². The van der Waals surface area contributed by atoms with Crippen LogP contribution in [0.25, 0.3) is 0 Å². The molecule has 0 spiro atoms. The smallest absolute Gasteiger partial charge is 0.264 e. The van der Waals surface area contributed by atoms with E-state index in [1.165, 1.54) is 24.1 Å². The highest BCUT2D eigenvalue weighted by Crippen LogP contribution is 2.28. The molecule has 1 N–H and O–H groups in total. The van der Waals surface area contributed by atoms with E-state index in [1.54, 1.807) is 66.7 Å². The van der Waals surface area contributed by atoms with Crippen molar-refractivity contribution in [1.82, 2.24) is 10.2 Å². The maximum atomic E-state index is 14.5. The van der Waals surface area contributed by atoms with Gasteiger partial charge in [-0.2, -0.15) is 0 Å². The molecule has 0 fully saturated rings. The average Bonchev–Trinajstić information content (AvgIpc) is 3.06. The zero-order valence-corrected chi connectivity index (χ0v) is 27.2. The Hall–Kier alpha value is -4.34. The molecular weight excluding hydrogens is 610 g/mol. The van der Waals surface area contributed by atoms with E-state index in [9.17, 15) is 18.0 Å². The summed E-state index contributed by atoms with van der Waals surface area (Å²) in [5.41, 5.74) is 1.85. The van der Waals surface area contributed by atoms with Gasteiger partial charge in [0.05, 0.1) is 17.7 Å². The monoisotopic (exact) mass is 647 g/mol. The molecule has 0 radical (unpaired) electrons. The van der Waals surface area contributed by atoms with E-state index >= 15 is 0 Å². The number of ether oxygens (including phenoxy) is 1. The van der Waals surface area contributed by atoms with Gasteiger partial charge in [-0.05, 0) is 60.9 Å². The van der Waals surface area contributed by atoms with Gasteiger partial charge < -0.3 is 15.0 Å². The van der Waals surface area contributed by atoms with Gasteiger partial charge in [0, 0.05) is 30.1 Å². The molecule has 4 aromatic rings.